The number of amides is 1. The standard InChI is InChI=1S/C14H9BrClNO3/c15-11-5-4-10(7-12(11)16)17-13(18)8-2-1-3-9(6-8)14(19)20/h1-7H,(H,17,18)(H,19,20). The summed E-state index contributed by atoms with van der Waals surface area (Å²) in [6.45, 7) is 0. The highest BCUT2D eigenvalue weighted by molar-refractivity contribution is 9.10. The van der Waals surface area contributed by atoms with Crippen LogP contribution >= 0.6 is 27.5 Å². The Kier molecular flexibility index (Phi) is 4.42. The molecule has 0 aliphatic rings. The van der Waals surface area contributed by atoms with Gasteiger partial charge in [0.2, 0.25) is 0 Å². The summed E-state index contributed by atoms with van der Waals surface area (Å²) in [4.78, 5) is 22.9. The molecule has 2 aromatic carbocycles. The van der Waals surface area contributed by atoms with Gasteiger partial charge in [-0.05, 0) is 52.3 Å². The van der Waals surface area contributed by atoms with Crippen molar-refractivity contribution >= 4 is 45.1 Å². The molecule has 0 aliphatic heterocycles. The van der Waals surface area contributed by atoms with E-state index in [1.807, 2.05) is 0 Å². The number of hydrogen-bond donors (Lipinski definition) is 2. The number of carbonyl (C=O) groups is 2. The first kappa shape index (κ1) is 14.6. The summed E-state index contributed by atoms with van der Waals surface area (Å²) in [7, 11) is 0. The SMILES string of the molecule is O=C(O)c1cccc(C(=O)Nc2ccc(Br)c(Cl)c2)c1. The minimum atomic E-state index is -1.08. The molecule has 0 bridgehead atoms. The first-order chi connectivity index (χ1) is 9.47. The third kappa shape index (κ3) is 3.37. The van der Waals surface area contributed by atoms with E-state index in [9.17, 15) is 9.59 Å². The van der Waals surface area contributed by atoms with Gasteiger partial charge in [-0.25, -0.2) is 4.79 Å². The quantitative estimate of drug-likeness (QED) is 0.874. The van der Waals surface area contributed by atoms with Gasteiger partial charge in [-0.1, -0.05) is 17.7 Å². The summed E-state index contributed by atoms with van der Waals surface area (Å²) in [6.07, 6.45) is 0. The molecule has 0 saturated heterocycles. The molecule has 0 atom stereocenters. The van der Waals surface area contributed by atoms with Gasteiger partial charge in [-0.15, -0.1) is 0 Å². The van der Waals surface area contributed by atoms with E-state index in [1.165, 1.54) is 18.2 Å². The predicted octanol–water partition coefficient (Wildman–Crippen LogP) is 4.05. The lowest BCUT2D eigenvalue weighted by molar-refractivity contribution is 0.0697. The summed E-state index contributed by atoms with van der Waals surface area (Å²) in [5.74, 6) is -1.47. The van der Waals surface area contributed by atoms with Crippen molar-refractivity contribution in [2.45, 2.75) is 0 Å². The maximum atomic E-state index is 12.0. The van der Waals surface area contributed by atoms with Crippen molar-refractivity contribution in [3.8, 4) is 0 Å². The smallest absolute Gasteiger partial charge is 0.335 e. The van der Waals surface area contributed by atoms with Crippen molar-refractivity contribution in [1.82, 2.24) is 0 Å². The zero-order valence-corrected chi connectivity index (χ0v) is 12.4. The van der Waals surface area contributed by atoms with Crippen LogP contribution in [0.4, 0.5) is 5.69 Å². The van der Waals surface area contributed by atoms with Gasteiger partial charge in [0, 0.05) is 15.7 Å². The Morgan fingerprint density at radius 2 is 1.80 bits per heavy atom. The Bertz CT molecular complexity index is 688. The van der Waals surface area contributed by atoms with Crippen LogP contribution in [-0.2, 0) is 0 Å². The number of anilines is 1. The summed E-state index contributed by atoms with van der Waals surface area (Å²) in [5, 5.41) is 12.0. The Morgan fingerprint density at radius 3 is 2.45 bits per heavy atom. The average Bonchev–Trinajstić information content (AvgIpc) is 2.43. The van der Waals surface area contributed by atoms with E-state index in [-0.39, 0.29) is 11.1 Å². The summed E-state index contributed by atoms with van der Waals surface area (Å²) >= 11 is 9.19. The molecule has 2 rings (SSSR count). The molecule has 20 heavy (non-hydrogen) atoms. The number of halogens is 2. The second-order valence-corrected chi connectivity index (χ2v) is 5.23. The number of benzene rings is 2. The predicted molar refractivity (Wildman–Crippen MR) is 80.5 cm³/mol. The van der Waals surface area contributed by atoms with Crippen molar-refractivity contribution in [3.63, 3.8) is 0 Å². The van der Waals surface area contributed by atoms with Gasteiger partial charge in [0.1, 0.15) is 0 Å². The second-order valence-electron chi connectivity index (χ2n) is 3.97. The van der Waals surface area contributed by atoms with Crippen LogP contribution in [0.1, 0.15) is 20.7 Å². The topological polar surface area (TPSA) is 66.4 Å². The normalized spacial score (nSPS) is 10.1. The monoisotopic (exact) mass is 353 g/mol. The lowest BCUT2D eigenvalue weighted by atomic mass is 10.1. The fourth-order valence-electron chi connectivity index (χ4n) is 1.57. The fourth-order valence-corrected chi connectivity index (χ4v) is 2.00. The summed E-state index contributed by atoms with van der Waals surface area (Å²) < 4.78 is 0.727. The first-order valence-electron chi connectivity index (χ1n) is 5.57. The van der Waals surface area contributed by atoms with E-state index >= 15 is 0 Å². The van der Waals surface area contributed by atoms with Crippen LogP contribution in [0.25, 0.3) is 0 Å². The lowest BCUT2D eigenvalue weighted by Gasteiger charge is -2.07. The van der Waals surface area contributed by atoms with Crippen LogP contribution in [0.2, 0.25) is 5.02 Å². The van der Waals surface area contributed by atoms with E-state index in [0.717, 1.165) is 4.47 Å². The van der Waals surface area contributed by atoms with Gasteiger partial charge < -0.3 is 10.4 Å². The van der Waals surface area contributed by atoms with Gasteiger partial charge in [0.25, 0.3) is 5.91 Å². The molecule has 0 radical (unpaired) electrons. The summed E-state index contributed by atoms with van der Waals surface area (Å²) in [5.41, 5.74) is 0.861. The highest BCUT2D eigenvalue weighted by Gasteiger charge is 2.10. The number of carbonyl (C=O) groups excluding carboxylic acids is 1. The third-order valence-corrected chi connectivity index (χ3v) is 3.78. The maximum absolute atomic E-state index is 12.0. The van der Waals surface area contributed by atoms with E-state index in [0.29, 0.717) is 10.7 Å². The number of aromatic carboxylic acids is 1. The van der Waals surface area contributed by atoms with Crippen molar-refractivity contribution in [2.75, 3.05) is 5.32 Å². The number of carboxylic acids is 1. The molecule has 6 heteroatoms. The Morgan fingerprint density at radius 1 is 1.10 bits per heavy atom. The number of nitrogens with one attached hydrogen (secondary N) is 1. The zero-order valence-electron chi connectivity index (χ0n) is 10.1. The highest BCUT2D eigenvalue weighted by atomic mass is 79.9. The van der Waals surface area contributed by atoms with Crippen LogP contribution in [-0.4, -0.2) is 17.0 Å². The third-order valence-electron chi connectivity index (χ3n) is 2.55. The number of rotatable bonds is 3. The van der Waals surface area contributed by atoms with Gasteiger partial charge in [0.05, 0.1) is 10.6 Å². The van der Waals surface area contributed by atoms with Gasteiger partial charge in [-0.2, -0.15) is 0 Å². The van der Waals surface area contributed by atoms with E-state index in [4.69, 9.17) is 16.7 Å². The molecular weight excluding hydrogens is 346 g/mol. The summed E-state index contributed by atoms with van der Waals surface area (Å²) in [6, 6.07) is 10.8. The highest BCUT2D eigenvalue weighted by Crippen LogP contribution is 2.25. The van der Waals surface area contributed by atoms with Gasteiger partial charge in [-0.3, -0.25) is 4.79 Å². The molecule has 0 saturated carbocycles. The molecule has 2 N–H and O–H groups in total. The molecular formula is C14H9BrClNO3. The van der Waals surface area contributed by atoms with Crippen LogP contribution in [0, 0.1) is 0 Å². The molecule has 0 spiro atoms. The number of carboxylic acid groups (broad SMARTS) is 1. The Labute approximate surface area is 128 Å². The molecule has 102 valence electrons. The van der Waals surface area contributed by atoms with Crippen LogP contribution in [0.15, 0.2) is 46.9 Å². The van der Waals surface area contributed by atoms with Crippen molar-refractivity contribution in [3.05, 3.63) is 63.1 Å². The van der Waals surface area contributed by atoms with Crippen molar-refractivity contribution in [2.24, 2.45) is 0 Å². The largest absolute Gasteiger partial charge is 0.478 e. The zero-order chi connectivity index (χ0) is 14.7. The fraction of sp³-hybridized carbons (Fsp3) is 0. The minimum Gasteiger partial charge on any atom is -0.478 e. The van der Waals surface area contributed by atoms with Crippen molar-refractivity contribution < 1.29 is 14.7 Å². The van der Waals surface area contributed by atoms with E-state index in [1.54, 1.807) is 24.3 Å². The molecule has 1 amide bonds. The molecule has 4 nitrogen and oxygen atoms in total. The molecule has 2 aromatic rings. The first-order valence-corrected chi connectivity index (χ1v) is 6.74. The van der Waals surface area contributed by atoms with Gasteiger partial charge in [0.15, 0.2) is 0 Å². The van der Waals surface area contributed by atoms with Gasteiger partial charge >= 0.3 is 5.97 Å². The van der Waals surface area contributed by atoms with Crippen LogP contribution in [0.5, 0.6) is 0 Å². The van der Waals surface area contributed by atoms with Crippen molar-refractivity contribution in [1.29, 1.82) is 0 Å². The molecule has 0 unspecified atom stereocenters. The molecule has 0 heterocycles. The van der Waals surface area contributed by atoms with Crippen LogP contribution < -0.4 is 5.32 Å². The van der Waals surface area contributed by atoms with E-state index < -0.39 is 11.9 Å². The van der Waals surface area contributed by atoms with Crippen LogP contribution in [0.3, 0.4) is 0 Å². The maximum Gasteiger partial charge on any atom is 0.335 e. The molecule has 0 aliphatic carbocycles. The Hall–Kier alpha value is -1.85. The van der Waals surface area contributed by atoms with E-state index in [2.05, 4.69) is 21.2 Å². The Balaban J connectivity index is 2.21. The average molecular weight is 355 g/mol. The minimum absolute atomic E-state index is 0.0616. The second kappa shape index (κ2) is 6.07. The molecule has 0 aromatic heterocycles. The molecule has 0 fully saturated rings. The number of hydrogen-bond acceptors (Lipinski definition) is 2. The lowest BCUT2D eigenvalue weighted by Crippen LogP contribution is -2.12.